The van der Waals surface area contributed by atoms with Crippen molar-refractivity contribution in [2.24, 2.45) is 0 Å². The van der Waals surface area contributed by atoms with E-state index in [1.54, 1.807) is 0 Å². The average molecular weight is 444 g/mol. The lowest BCUT2D eigenvalue weighted by molar-refractivity contribution is -0.385. The van der Waals surface area contributed by atoms with Gasteiger partial charge in [-0.2, -0.15) is 0 Å². The second-order valence-corrected chi connectivity index (χ2v) is 6.28. The Morgan fingerprint density at radius 2 is 1.97 bits per heavy atom. The summed E-state index contributed by atoms with van der Waals surface area (Å²) >= 11 is 0. The van der Waals surface area contributed by atoms with Crippen molar-refractivity contribution < 1.29 is 33.1 Å². The fourth-order valence-corrected chi connectivity index (χ4v) is 2.70. The quantitative estimate of drug-likeness (QED) is 0.240. The Morgan fingerprint density at radius 1 is 1.19 bits per heavy atom. The van der Waals surface area contributed by atoms with Crippen molar-refractivity contribution in [3.05, 3.63) is 58.2 Å². The molecule has 0 aliphatic rings. The number of aromatic nitrogens is 2. The second-order valence-electron chi connectivity index (χ2n) is 6.28. The van der Waals surface area contributed by atoms with Crippen LogP contribution in [0.1, 0.15) is 17.3 Å². The SMILES string of the molecule is CNC(=O)c1cc2c(Oc3ncc([N+](=O)[O-])cc3F)ccnc2cc1OCCOC(C)=O. The van der Waals surface area contributed by atoms with Crippen molar-refractivity contribution in [1.29, 1.82) is 0 Å². The van der Waals surface area contributed by atoms with E-state index in [9.17, 15) is 24.1 Å². The molecule has 11 nitrogen and oxygen atoms in total. The summed E-state index contributed by atoms with van der Waals surface area (Å²) in [5.41, 5.74) is -0.0235. The Morgan fingerprint density at radius 3 is 2.62 bits per heavy atom. The Hall–Kier alpha value is -4.35. The highest BCUT2D eigenvalue weighted by molar-refractivity contribution is 6.02. The number of benzene rings is 1. The van der Waals surface area contributed by atoms with Gasteiger partial charge in [0, 0.05) is 31.6 Å². The number of carbonyl (C=O) groups is 2. The van der Waals surface area contributed by atoms with Crippen LogP contribution in [0.15, 0.2) is 36.7 Å². The third-order valence-electron chi connectivity index (χ3n) is 4.13. The second kappa shape index (κ2) is 9.64. The summed E-state index contributed by atoms with van der Waals surface area (Å²) in [5, 5.41) is 13.6. The fraction of sp³-hybridized carbons (Fsp3) is 0.200. The van der Waals surface area contributed by atoms with E-state index >= 15 is 0 Å². The number of fused-ring (bicyclic) bond motifs is 1. The van der Waals surface area contributed by atoms with Crippen LogP contribution in [-0.2, 0) is 9.53 Å². The van der Waals surface area contributed by atoms with Gasteiger partial charge in [0.05, 0.1) is 22.1 Å². The van der Waals surface area contributed by atoms with Crippen LogP contribution in [0.4, 0.5) is 10.1 Å². The van der Waals surface area contributed by atoms with E-state index in [0.29, 0.717) is 17.0 Å². The Labute approximate surface area is 180 Å². The number of hydrogen-bond acceptors (Lipinski definition) is 9. The van der Waals surface area contributed by atoms with Crippen LogP contribution < -0.4 is 14.8 Å². The van der Waals surface area contributed by atoms with Crippen molar-refractivity contribution in [1.82, 2.24) is 15.3 Å². The lowest BCUT2D eigenvalue weighted by Gasteiger charge is -2.14. The lowest BCUT2D eigenvalue weighted by atomic mass is 10.1. The first-order valence-electron chi connectivity index (χ1n) is 9.19. The molecule has 3 rings (SSSR count). The number of amides is 1. The van der Waals surface area contributed by atoms with Crippen LogP contribution in [0, 0.1) is 15.9 Å². The van der Waals surface area contributed by atoms with E-state index in [-0.39, 0.29) is 30.3 Å². The molecule has 2 aromatic heterocycles. The van der Waals surface area contributed by atoms with E-state index in [2.05, 4.69) is 15.3 Å². The zero-order valence-electron chi connectivity index (χ0n) is 17.0. The molecule has 0 spiro atoms. The number of rotatable bonds is 8. The summed E-state index contributed by atoms with van der Waals surface area (Å²) in [6, 6.07) is 5.05. The van der Waals surface area contributed by atoms with Crippen LogP contribution in [0.5, 0.6) is 17.4 Å². The summed E-state index contributed by atoms with van der Waals surface area (Å²) in [6.07, 6.45) is 2.26. The molecule has 0 bridgehead atoms. The Kier molecular flexibility index (Phi) is 6.73. The number of hydrogen-bond donors (Lipinski definition) is 1. The minimum Gasteiger partial charge on any atom is -0.489 e. The van der Waals surface area contributed by atoms with Gasteiger partial charge >= 0.3 is 5.97 Å². The number of ether oxygens (including phenoxy) is 3. The van der Waals surface area contributed by atoms with Crippen molar-refractivity contribution in [2.45, 2.75) is 6.92 Å². The molecular weight excluding hydrogens is 427 g/mol. The van der Waals surface area contributed by atoms with E-state index in [0.717, 1.165) is 6.20 Å². The molecule has 12 heteroatoms. The van der Waals surface area contributed by atoms with Crippen LogP contribution in [-0.4, -0.2) is 47.0 Å². The Balaban J connectivity index is 1.97. The van der Waals surface area contributed by atoms with Crippen molar-refractivity contribution in [2.75, 3.05) is 20.3 Å². The predicted octanol–water partition coefficient (Wildman–Crippen LogP) is 2.77. The molecule has 0 aliphatic heterocycles. The van der Waals surface area contributed by atoms with Gasteiger partial charge < -0.3 is 19.5 Å². The molecule has 0 fully saturated rings. The molecule has 2 heterocycles. The van der Waals surface area contributed by atoms with Gasteiger partial charge in [0.2, 0.25) is 0 Å². The summed E-state index contributed by atoms with van der Waals surface area (Å²) in [4.78, 5) is 41.1. The highest BCUT2D eigenvalue weighted by Gasteiger charge is 2.18. The molecule has 166 valence electrons. The molecule has 0 unspecified atom stereocenters. The Bertz CT molecular complexity index is 1200. The maximum absolute atomic E-state index is 14.2. The molecular formula is C20H17FN4O7. The van der Waals surface area contributed by atoms with Crippen LogP contribution in [0.3, 0.4) is 0 Å². The van der Waals surface area contributed by atoms with Crippen molar-refractivity contribution in [3.8, 4) is 17.4 Å². The van der Waals surface area contributed by atoms with Gasteiger partial charge in [-0.25, -0.2) is 9.37 Å². The van der Waals surface area contributed by atoms with Crippen LogP contribution in [0.2, 0.25) is 0 Å². The molecule has 0 radical (unpaired) electrons. The van der Waals surface area contributed by atoms with Gasteiger partial charge in [0.1, 0.15) is 30.9 Å². The van der Waals surface area contributed by atoms with Gasteiger partial charge in [-0.15, -0.1) is 0 Å². The molecule has 1 aromatic carbocycles. The van der Waals surface area contributed by atoms with Crippen LogP contribution >= 0.6 is 0 Å². The highest BCUT2D eigenvalue weighted by atomic mass is 19.1. The van der Waals surface area contributed by atoms with Crippen molar-refractivity contribution >= 4 is 28.5 Å². The third-order valence-corrected chi connectivity index (χ3v) is 4.13. The number of nitro groups is 1. The number of carbonyl (C=O) groups excluding carboxylic acids is 2. The average Bonchev–Trinajstić information content (AvgIpc) is 2.76. The number of halogens is 1. The van der Waals surface area contributed by atoms with Gasteiger partial charge in [0.25, 0.3) is 17.5 Å². The number of nitrogens with one attached hydrogen (secondary N) is 1. The normalized spacial score (nSPS) is 10.5. The van der Waals surface area contributed by atoms with Gasteiger partial charge in [-0.1, -0.05) is 0 Å². The molecule has 1 amide bonds. The van der Waals surface area contributed by atoms with E-state index in [1.807, 2.05) is 0 Å². The smallest absolute Gasteiger partial charge is 0.302 e. The van der Waals surface area contributed by atoms with E-state index < -0.39 is 34.2 Å². The van der Waals surface area contributed by atoms with Gasteiger partial charge in [-0.3, -0.25) is 24.7 Å². The fourth-order valence-electron chi connectivity index (χ4n) is 2.70. The molecule has 0 saturated carbocycles. The predicted molar refractivity (Wildman–Crippen MR) is 108 cm³/mol. The highest BCUT2D eigenvalue weighted by Crippen LogP contribution is 2.34. The van der Waals surface area contributed by atoms with Crippen LogP contribution in [0.25, 0.3) is 10.9 Å². The first-order valence-corrected chi connectivity index (χ1v) is 9.19. The molecule has 0 saturated heterocycles. The summed E-state index contributed by atoms with van der Waals surface area (Å²) < 4.78 is 30.1. The number of nitrogens with zero attached hydrogens (tertiary/aromatic N) is 3. The minimum absolute atomic E-state index is 0.00317. The number of pyridine rings is 2. The first kappa shape index (κ1) is 22.3. The van der Waals surface area contributed by atoms with Gasteiger partial charge in [0.15, 0.2) is 5.82 Å². The minimum atomic E-state index is -1.03. The topological polar surface area (TPSA) is 143 Å². The molecule has 0 aliphatic carbocycles. The zero-order valence-corrected chi connectivity index (χ0v) is 17.0. The molecule has 1 N–H and O–H groups in total. The largest absolute Gasteiger partial charge is 0.489 e. The van der Waals surface area contributed by atoms with E-state index in [4.69, 9.17) is 14.2 Å². The zero-order chi connectivity index (χ0) is 23.3. The van der Waals surface area contributed by atoms with Crippen molar-refractivity contribution in [3.63, 3.8) is 0 Å². The maximum atomic E-state index is 14.2. The molecule has 3 aromatic rings. The number of esters is 1. The lowest BCUT2D eigenvalue weighted by Crippen LogP contribution is -2.20. The maximum Gasteiger partial charge on any atom is 0.302 e. The van der Waals surface area contributed by atoms with E-state index in [1.165, 1.54) is 38.4 Å². The summed E-state index contributed by atoms with van der Waals surface area (Å²) in [5.74, 6) is -2.13. The summed E-state index contributed by atoms with van der Waals surface area (Å²) in [6.45, 7) is 1.26. The summed E-state index contributed by atoms with van der Waals surface area (Å²) in [7, 11) is 1.44. The van der Waals surface area contributed by atoms with Gasteiger partial charge in [-0.05, 0) is 12.1 Å². The molecule has 32 heavy (non-hydrogen) atoms. The first-order chi connectivity index (χ1) is 15.3. The molecule has 0 atom stereocenters. The monoisotopic (exact) mass is 444 g/mol. The standard InChI is InChI=1S/C20H17FN4O7/c1-11(26)30-5-6-31-18-9-16-13(8-14(18)19(27)22-2)17(3-4-23-16)32-20-15(21)7-12(10-24-20)25(28)29/h3-4,7-10H,5-6H2,1-2H3,(H,22,27). The third kappa shape index (κ3) is 5.03.